The summed E-state index contributed by atoms with van der Waals surface area (Å²) in [7, 11) is -2.16. The van der Waals surface area contributed by atoms with Gasteiger partial charge in [-0.2, -0.15) is 8.42 Å². The lowest BCUT2D eigenvalue weighted by Gasteiger charge is -2.30. The minimum atomic E-state index is -3.77. The number of hydrogen-bond donors (Lipinski definition) is 5. The summed E-state index contributed by atoms with van der Waals surface area (Å²) in [6.45, 7) is 0.953. The van der Waals surface area contributed by atoms with E-state index < -0.39 is 22.3 Å². The zero-order chi connectivity index (χ0) is 22.6. The highest BCUT2D eigenvalue weighted by atomic mass is 32.2. The average molecular weight is 454 g/mol. The lowest BCUT2D eigenvalue weighted by molar-refractivity contribution is -0.134. The molecule has 6 N–H and O–H groups in total. The summed E-state index contributed by atoms with van der Waals surface area (Å²) in [5.74, 6) is 0.458. The van der Waals surface area contributed by atoms with Gasteiger partial charge < -0.3 is 25.0 Å². The molecule has 2 amide bonds. The predicted octanol–water partition coefficient (Wildman–Crippen LogP) is 0.661. The quantitative estimate of drug-likeness (QED) is 0.350. The van der Waals surface area contributed by atoms with Gasteiger partial charge in [0, 0.05) is 29.7 Å². The van der Waals surface area contributed by atoms with Crippen molar-refractivity contribution in [3.8, 4) is 5.75 Å². The summed E-state index contributed by atoms with van der Waals surface area (Å²) in [5, 5.41) is 17.4. The summed E-state index contributed by atoms with van der Waals surface area (Å²) in [6.07, 6.45) is 0.494. The van der Waals surface area contributed by atoms with Gasteiger partial charge >= 0.3 is 6.09 Å². The summed E-state index contributed by atoms with van der Waals surface area (Å²) >= 11 is 0. The molecule has 0 saturated heterocycles. The molecule has 1 aliphatic heterocycles. The number of nitrogens with two attached hydrogens (primary N) is 1. The second-order valence-electron chi connectivity index (χ2n) is 7.44. The molecule has 2 heterocycles. The molecule has 0 radical (unpaired) electrons. The maximum Gasteiger partial charge on any atom is 0.405 e. The Morgan fingerprint density at radius 2 is 2.13 bits per heavy atom. The Hall–Kier alpha value is -2.83. The van der Waals surface area contributed by atoms with Crippen molar-refractivity contribution >= 4 is 33.1 Å². The van der Waals surface area contributed by atoms with Gasteiger partial charge in [0.25, 0.3) is 10.2 Å². The SMILES string of the molecule is COc1ccc2[nH]c3c(c2c1)CCN(C(=O)C(CCCCNS(N)(=O)=O)NC(=O)O)C3. The molecule has 0 spiro atoms. The van der Waals surface area contributed by atoms with Gasteiger partial charge in [-0.05, 0) is 49.4 Å². The van der Waals surface area contributed by atoms with Gasteiger partial charge in [0.1, 0.15) is 11.8 Å². The number of fused-ring (bicyclic) bond motifs is 3. The zero-order valence-corrected chi connectivity index (χ0v) is 18.0. The molecule has 170 valence electrons. The van der Waals surface area contributed by atoms with Crippen LogP contribution in [0.3, 0.4) is 0 Å². The number of carbonyl (C=O) groups is 2. The summed E-state index contributed by atoms with van der Waals surface area (Å²) in [4.78, 5) is 29.2. The number of aromatic amines is 1. The van der Waals surface area contributed by atoms with Crippen molar-refractivity contribution in [2.45, 2.75) is 38.3 Å². The molecule has 31 heavy (non-hydrogen) atoms. The Balaban J connectivity index is 1.66. The Morgan fingerprint density at radius 3 is 2.81 bits per heavy atom. The molecule has 3 rings (SSSR count). The molecule has 1 unspecified atom stereocenters. The first-order chi connectivity index (χ1) is 14.7. The van der Waals surface area contributed by atoms with Crippen LogP contribution in [0.4, 0.5) is 4.79 Å². The van der Waals surface area contributed by atoms with Crippen LogP contribution in [0, 0.1) is 0 Å². The summed E-state index contributed by atoms with van der Waals surface area (Å²) in [6, 6.07) is 4.86. The molecule has 1 aliphatic rings. The number of nitrogens with zero attached hydrogens (tertiary/aromatic N) is 1. The molecule has 11 nitrogen and oxygen atoms in total. The first kappa shape index (κ1) is 22.8. The molecule has 12 heteroatoms. The second-order valence-corrected chi connectivity index (χ2v) is 8.82. The fraction of sp³-hybridized carbons (Fsp3) is 0.474. The highest BCUT2D eigenvalue weighted by Gasteiger charge is 2.29. The topological polar surface area (TPSA) is 167 Å². The van der Waals surface area contributed by atoms with Crippen molar-refractivity contribution < 1.29 is 27.9 Å². The fourth-order valence-corrected chi connectivity index (χ4v) is 4.28. The molecular formula is C19H27N5O6S. The first-order valence-electron chi connectivity index (χ1n) is 9.91. The molecule has 1 atom stereocenters. The average Bonchev–Trinajstić information content (AvgIpc) is 3.07. The molecule has 0 aliphatic carbocycles. The number of H-pyrrole nitrogens is 1. The minimum absolute atomic E-state index is 0.123. The lowest BCUT2D eigenvalue weighted by Crippen LogP contribution is -2.49. The lowest BCUT2D eigenvalue weighted by atomic mass is 10.0. The van der Waals surface area contributed by atoms with E-state index in [1.165, 1.54) is 0 Å². The van der Waals surface area contributed by atoms with Crippen LogP contribution in [-0.2, 0) is 28.0 Å². The van der Waals surface area contributed by atoms with Gasteiger partial charge in [0.05, 0.1) is 13.7 Å². The van der Waals surface area contributed by atoms with Crippen LogP contribution in [-0.4, -0.2) is 61.6 Å². The number of amides is 2. The Kier molecular flexibility index (Phi) is 7.03. The first-order valence-corrected chi connectivity index (χ1v) is 11.5. The molecule has 0 fully saturated rings. The third-order valence-corrected chi connectivity index (χ3v) is 5.92. The largest absolute Gasteiger partial charge is 0.497 e. The summed E-state index contributed by atoms with van der Waals surface area (Å²) < 4.78 is 29.3. The summed E-state index contributed by atoms with van der Waals surface area (Å²) in [5.41, 5.74) is 3.02. The Labute approximate surface area is 180 Å². The fourth-order valence-electron chi connectivity index (χ4n) is 3.85. The number of carboxylic acid groups (broad SMARTS) is 1. The second kappa shape index (κ2) is 9.54. The van der Waals surface area contributed by atoms with Crippen molar-refractivity contribution in [2.75, 3.05) is 20.2 Å². The third kappa shape index (κ3) is 5.87. The number of aromatic nitrogens is 1. The van der Waals surface area contributed by atoms with Crippen molar-refractivity contribution in [3.05, 3.63) is 29.5 Å². The van der Waals surface area contributed by atoms with E-state index >= 15 is 0 Å². The van der Waals surface area contributed by atoms with E-state index in [1.54, 1.807) is 12.0 Å². The van der Waals surface area contributed by atoms with Crippen molar-refractivity contribution in [3.63, 3.8) is 0 Å². The van der Waals surface area contributed by atoms with Crippen molar-refractivity contribution in [1.29, 1.82) is 0 Å². The standard InChI is InChI=1S/C19H27N5O6S/c1-30-12-5-6-15-14(10-12)13-7-9-24(11-17(13)22-15)18(25)16(23-19(26)27)4-2-3-8-21-31(20,28)29/h5-6,10,16,21-23H,2-4,7-9,11H2,1H3,(H,26,27)(H2,20,28,29). The van der Waals surface area contributed by atoms with Gasteiger partial charge in [0.2, 0.25) is 5.91 Å². The molecule has 1 aromatic heterocycles. The van der Waals surface area contributed by atoms with Crippen LogP contribution >= 0.6 is 0 Å². The normalized spacial score (nSPS) is 14.8. The van der Waals surface area contributed by atoms with Gasteiger partial charge in [-0.3, -0.25) is 4.79 Å². The van der Waals surface area contributed by atoms with Crippen molar-refractivity contribution in [1.82, 2.24) is 19.9 Å². The smallest absolute Gasteiger partial charge is 0.405 e. The monoisotopic (exact) mass is 453 g/mol. The zero-order valence-electron chi connectivity index (χ0n) is 17.2. The molecule has 2 aromatic rings. The van der Waals surface area contributed by atoms with Crippen LogP contribution < -0.4 is 19.9 Å². The Bertz CT molecular complexity index is 1070. The predicted molar refractivity (Wildman–Crippen MR) is 114 cm³/mol. The number of nitrogens with one attached hydrogen (secondary N) is 3. The maximum atomic E-state index is 13.0. The number of benzene rings is 1. The highest BCUT2D eigenvalue weighted by molar-refractivity contribution is 7.87. The molecule has 0 bridgehead atoms. The van der Waals surface area contributed by atoms with Crippen LogP contribution in [0.2, 0.25) is 0 Å². The number of unbranched alkanes of at least 4 members (excludes halogenated alkanes) is 1. The van der Waals surface area contributed by atoms with E-state index in [0.717, 1.165) is 27.9 Å². The van der Waals surface area contributed by atoms with E-state index in [1.807, 2.05) is 18.2 Å². The van der Waals surface area contributed by atoms with Crippen LogP contribution in [0.15, 0.2) is 18.2 Å². The van der Waals surface area contributed by atoms with Crippen molar-refractivity contribution in [2.24, 2.45) is 5.14 Å². The number of methoxy groups -OCH3 is 1. The van der Waals surface area contributed by atoms with E-state index in [2.05, 4.69) is 15.0 Å². The van der Waals surface area contributed by atoms with Crippen LogP contribution in [0.1, 0.15) is 30.5 Å². The minimum Gasteiger partial charge on any atom is -0.497 e. The number of ether oxygens (including phenoxy) is 1. The molecular weight excluding hydrogens is 426 g/mol. The molecule has 1 aromatic carbocycles. The van der Waals surface area contributed by atoms with Gasteiger partial charge in [0.15, 0.2) is 0 Å². The van der Waals surface area contributed by atoms with Gasteiger partial charge in [-0.1, -0.05) is 0 Å². The van der Waals surface area contributed by atoms with Gasteiger partial charge in [-0.15, -0.1) is 0 Å². The third-order valence-electron chi connectivity index (χ3n) is 5.31. The van der Waals surface area contributed by atoms with E-state index in [9.17, 15) is 18.0 Å². The van der Waals surface area contributed by atoms with E-state index in [4.69, 9.17) is 15.0 Å². The van der Waals surface area contributed by atoms with Crippen LogP contribution in [0.5, 0.6) is 5.75 Å². The number of rotatable bonds is 9. The highest BCUT2D eigenvalue weighted by Crippen LogP contribution is 2.30. The van der Waals surface area contributed by atoms with E-state index in [-0.39, 0.29) is 18.9 Å². The Morgan fingerprint density at radius 1 is 1.35 bits per heavy atom. The number of hydrogen-bond acceptors (Lipinski definition) is 5. The number of carbonyl (C=O) groups excluding carboxylic acids is 1. The maximum absolute atomic E-state index is 13.0. The van der Waals surface area contributed by atoms with Crippen LogP contribution in [0.25, 0.3) is 10.9 Å². The van der Waals surface area contributed by atoms with Gasteiger partial charge in [-0.25, -0.2) is 14.7 Å². The van der Waals surface area contributed by atoms with E-state index in [0.29, 0.717) is 32.4 Å². The molecule has 0 saturated carbocycles.